The molecule has 1 amide bonds. The van der Waals surface area contributed by atoms with E-state index in [1.165, 1.54) is 0 Å². The largest absolute Gasteiger partial charge is 0.490 e. The lowest BCUT2D eigenvalue weighted by atomic mass is 9.98. The highest BCUT2D eigenvalue weighted by molar-refractivity contribution is 5.85. The number of ether oxygens (including phenoxy) is 2. The first-order chi connectivity index (χ1) is 15.7. The highest BCUT2D eigenvalue weighted by atomic mass is 16.5. The molecule has 4 rings (SSSR count). The van der Waals surface area contributed by atoms with Crippen LogP contribution in [0.5, 0.6) is 5.75 Å². The fourth-order valence-electron chi connectivity index (χ4n) is 4.20. The molecule has 3 aromatic rings. The highest BCUT2D eigenvalue weighted by Crippen LogP contribution is 2.24. The van der Waals surface area contributed by atoms with Crippen LogP contribution in [0.25, 0.3) is 10.9 Å². The van der Waals surface area contributed by atoms with Gasteiger partial charge in [0.1, 0.15) is 25.1 Å². The molecule has 1 aromatic heterocycles. The summed E-state index contributed by atoms with van der Waals surface area (Å²) in [6, 6.07) is 17.5. The molecule has 3 N–H and O–H groups in total. The number of aromatic amines is 1. The van der Waals surface area contributed by atoms with E-state index >= 15 is 0 Å². The van der Waals surface area contributed by atoms with Crippen molar-refractivity contribution in [3.05, 3.63) is 66.4 Å². The zero-order chi connectivity index (χ0) is 22.2. The van der Waals surface area contributed by atoms with Gasteiger partial charge in [-0.15, -0.1) is 0 Å². The van der Waals surface area contributed by atoms with E-state index in [4.69, 9.17) is 9.47 Å². The number of amides is 1. The lowest BCUT2D eigenvalue weighted by Gasteiger charge is -2.33. The van der Waals surface area contributed by atoms with Crippen molar-refractivity contribution in [3.63, 3.8) is 0 Å². The molecule has 0 spiro atoms. The van der Waals surface area contributed by atoms with Crippen LogP contribution in [-0.4, -0.2) is 60.0 Å². The number of likely N-dealkylation sites (tertiary alicyclic amines) is 1. The number of rotatable bonds is 9. The van der Waals surface area contributed by atoms with Gasteiger partial charge >= 0.3 is 6.09 Å². The topological polar surface area (TPSA) is 86.8 Å². The van der Waals surface area contributed by atoms with E-state index in [2.05, 4.69) is 15.2 Å². The van der Waals surface area contributed by atoms with Gasteiger partial charge in [-0.1, -0.05) is 36.4 Å². The highest BCUT2D eigenvalue weighted by Gasteiger charge is 2.22. The van der Waals surface area contributed by atoms with Gasteiger partial charge in [-0.3, -0.25) is 0 Å². The van der Waals surface area contributed by atoms with Crippen molar-refractivity contribution in [1.82, 2.24) is 15.2 Å². The van der Waals surface area contributed by atoms with Gasteiger partial charge in [0.15, 0.2) is 0 Å². The van der Waals surface area contributed by atoms with E-state index in [0.29, 0.717) is 19.0 Å². The average Bonchev–Trinajstić information content (AvgIpc) is 3.31. The number of aromatic nitrogens is 1. The molecule has 2 heterocycles. The van der Waals surface area contributed by atoms with Crippen molar-refractivity contribution in [3.8, 4) is 5.75 Å². The first-order valence-corrected chi connectivity index (χ1v) is 11.2. The van der Waals surface area contributed by atoms with Crippen molar-refractivity contribution in [1.29, 1.82) is 0 Å². The number of aliphatic hydroxyl groups is 1. The number of β-amino-alcohol motifs (C(OH)–C–C–N with tert-alkyl or cyclic N) is 1. The van der Waals surface area contributed by atoms with Crippen LogP contribution in [0.4, 0.5) is 4.79 Å². The third-order valence-electron chi connectivity index (χ3n) is 5.81. The van der Waals surface area contributed by atoms with Gasteiger partial charge in [-0.2, -0.15) is 0 Å². The van der Waals surface area contributed by atoms with Gasteiger partial charge in [0, 0.05) is 36.7 Å². The van der Waals surface area contributed by atoms with Crippen LogP contribution >= 0.6 is 0 Å². The maximum atomic E-state index is 12.0. The summed E-state index contributed by atoms with van der Waals surface area (Å²) in [7, 11) is 0. The minimum atomic E-state index is -0.577. The first kappa shape index (κ1) is 22.2. The number of fused-ring (bicyclic) bond motifs is 1. The molecule has 0 saturated carbocycles. The molecule has 7 nitrogen and oxygen atoms in total. The van der Waals surface area contributed by atoms with Crippen molar-refractivity contribution in [2.24, 2.45) is 5.92 Å². The number of H-pyrrole nitrogens is 1. The zero-order valence-corrected chi connectivity index (χ0v) is 18.2. The number of hydrogen-bond acceptors (Lipinski definition) is 5. The fraction of sp³-hybridized carbons (Fsp3) is 0.400. The summed E-state index contributed by atoms with van der Waals surface area (Å²) in [5.41, 5.74) is 1.99. The molecule has 1 aliphatic heterocycles. The summed E-state index contributed by atoms with van der Waals surface area (Å²) in [6.45, 7) is 3.43. The molecule has 0 bridgehead atoms. The summed E-state index contributed by atoms with van der Waals surface area (Å²) in [5, 5.41) is 14.4. The number of benzene rings is 2. The molecule has 1 aliphatic rings. The Bertz CT molecular complexity index is 991. The number of nitrogens with one attached hydrogen (secondary N) is 2. The van der Waals surface area contributed by atoms with Crippen LogP contribution in [0.3, 0.4) is 0 Å². The second-order valence-electron chi connectivity index (χ2n) is 8.37. The van der Waals surface area contributed by atoms with Crippen molar-refractivity contribution in [2.45, 2.75) is 25.6 Å². The summed E-state index contributed by atoms with van der Waals surface area (Å²) < 4.78 is 11.2. The van der Waals surface area contributed by atoms with Crippen LogP contribution in [0.15, 0.2) is 60.8 Å². The molecule has 2 unspecified atom stereocenters. The van der Waals surface area contributed by atoms with E-state index in [0.717, 1.165) is 48.1 Å². The third-order valence-corrected chi connectivity index (χ3v) is 5.81. The Hall–Kier alpha value is -3.03. The number of aliphatic hydroxyl groups excluding tert-OH is 1. The molecule has 1 fully saturated rings. The summed E-state index contributed by atoms with van der Waals surface area (Å²) in [6.07, 6.45) is 3.01. The van der Waals surface area contributed by atoms with Crippen LogP contribution < -0.4 is 10.1 Å². The quantitative estimate of drug-likeness (QED) is 0.477. The molecule has 2 atom stereocenters. The lowest BCUT2D eigenvalue weighted by molar-refractivity contribution is 0.0519. The number of carbonyl (C=O) groups is 1. The Morgan fingerprint density at radius 1 is 1.19 bits per heavy atom. The van der Waals surface area contributed by atoms with Gasteiger partial charge in [0.25, 0.3) is 0 Å². The lowest BCUT2D eigenvalue weighted by Crippen LogP contribution is -2.44. The van der Waals surface area contributed by atoms with Crippen molar-refractivity contribution in [2.75, 3.05) is 32.8 Å². The van der Waals surface area contributed by atoms with E-state index < -0.39 is 12.2 Å². The summed E-state index contributed by atoms with van der Waals surface area (Å²) in [4.78, 5) is 17.4. The number of piperidine rings is 1. The molecule has 7 heteroatoms. The molecule has 32 heavy (non-hydrogen) atoms. The summed E-state index contributed by atoms with van der Waals surface area (Å²) in [5.74, 6) is 1.12. The van der Waals surface area contributed by atoms with Crippen LogP contribution in [-0.2, 0) is 11.3 Å². The number of carbonyl (C=O) groups excluding carboxylic acids is 1. The van der Waals surface area contributed by atoms with Gasteiger partial charge in [0.05, 0.1) is 0 Å². The molecular weight excluding hydrogens is 406 g/mol. The molecule has 170 valence electrons. The maximum absolute atomic E-state index is 12.0. The Labute approximate surface area is 188 Å². The Kier molecular flexibility index (Phi) is 7.64. The fourth-order valence-corrected chi connectivity index (χ4v) is 4.20. The van der Waals surface area contributed by atoms with E-state index in [1.807, 2.05) is 60.8 Å². The average molecular weight is 438 g/mol. The Balaban J connectivity index is 1.16. The predicted octanol–water partition coefficient (Wildman–Crippen LogP) is 3.55. The number of hydrogen-bond donors (Lipinski definition) is 3. The molecule has 0 radical (unpaired) electrons. The zero-order valence-electron chi connectivity index (χ0n) is 18.2. The van der Waals surface area contributed by atoms with Crippen LogP contribution in [0, 0.1) is 5.92 Å². The SMILES string of the molecule is O=C(NCC1CCCN(CC(O)COc2cccc3[nH]ccc23)C1)OCc1ccccc1. The maximum Gasteiger partial charge on any atom is 0.407 e. The smallest absolute Gasteiger partial charge is 0.407 e. The molecule has 1 saturated heterocycles. The molecule has 0 aliphatic carbocycles. The summed E-state index contributed by atoms with van der Waals surface area (Å²) >= 11 is 0. The van der Waals surface area contributed by atoms with E-state index in [-0.39, 0.29) is 13.2 Å². The monoisotopic (exact) mass is 437 g/mol. The van der Waals surface area contributed by atoms with Gasteiger partial charge in [0.2, 0.25) is 0 Å². The van der Waals surface area contributed by atoms with Crippen molar-refractivity contribution >= 4 is 17.0 Å². The normalized spacial score (nSPS) is 17.7. The molecule has 2 aromatic carbocycles. The molecular formula is C25H31N3O4. The minimum absolute atomic E-state index is 0.246. The van der Waals surface area contributed by atoms with E-state index in [9.17, 15) is 9.90 Å². The minimum Gasteiger partial charge on any atom is -0.490 e. The number of alkyl carbamates (subject to hydrolysis) is 1. The van der Waals surface area contributed by atoms with Gasteiger partial charge < -0.3 is 29.8 Å². The van der Waals surface area contributed by atoms with Crippen LogP contribution in [0.2, 0.25) is 0 Å². The Morgan fingerprint density at radius 2 is 2.06 bits per heavy atom. The second kappa shape index (κ2) is 11.0. The van der Waals surface area contributed by atoms with Crippen LogP contribution in [0.1, 0.15) is 18.4 Å². The number of nitrogens with zero attached hydrogens (tertiary/aromatic N) is 1. The standard InChI is InChI=1S/C25H31N3O4/c29-21(18-31-24-10-4-9-23-22(24)11-12-26-23)16-28-13-5-8-20(15-28)14-27-25(30)32-17-19-6-2-1-3-7-19/h1-4,6-7,9-12,20-21,26,29H,5,8,13-18H2,(H,27,30). The predicted molar refractivity (Wildman–Crippen MR) is 124 cm³/mol. The van der Waals surface area contributed by atoms with Crippen molar-refractivity contribution < 1.29 is 19.4 Å². The Morgan fingerprint density at radius 3 is 2.94 bits per heavy atom. The van der Waals surface area contributed by atoms with Gasteiger partial charge in [-0.25, -0.2) is 4.79 Å². The third kappa shape index (κ3) is 6.24. The van der Waals surface area contributed by atoms with Gasteiger partial charge in [-0.05, 0) is 49.1 Å². The second-order valence-corrected chi connectivity index (χ2v) is 8.37. The van der Waals surface area contributed by atoms with E-state index in [1.54, 1.807) is 0 Å². The first-order valence-electron chi connectivity index (χ1n) is 11.2.